The zero-order valence-corrected chi connectivity index (χ0v) is 7.55. The van der Waals surface area contributed by atoms with Crippen molar-refractivity contribution >= 4 is 0 Å². The third kappa shape index (κ3) is 2.00. The summed E-state index contributed by atoms with van der Waals surface area (Å²) in [5.74, 6) is 2.52. The van der Waals surface area contributed by atoms with Crippen molar-refractivity contribution in [2.24, 2.45) is 0 Å². The summed E-state index contributed by atoms with van der Waals surface area (Å²) in [7, 11) is 0. The topological polar surface area (TPSA) is 29.5 Å². The zero-order chi connectivity index (χ0) is 9.03. The first-order chi connectivity index (χ1) is 5.69. The Labute approximate surface area is 73.9 Å². The van der Waals surface area contributed by atoms with E-state index in [-0.39, 0.29) is 5.60 Å². The van der Waals surface area contributed by atoms with Crippen LogP contribution in [0.25, 0.3) is 0 Å². The Balaban J connectivity index is 2.39. The smallest absolute Gasteiger partial charge is 0.0913 e. The minimum Gasteiger partial charge on any atom is -0.390 e. The molecule has 2 heteroatoms. The fourth-order valence-corrected chi connectivity index (χ4v) is 1.59. The van der Waals surface area contributed by atoms with E-state index in [1.807, 2.05) is 6.92 Å². The van der Waals surface area contributed by atoms with Gasteiger partial charge in [-0.15, -0.1) is 12.3 Å². The lowest BCUT2D eigenvalue weighted by atomic mass is 9.92. The first-order valence-electron chi connectivity index (χ1n) is 4.44. The number of aliphatic hydroxyl groups is 1. The van der Waals surface area contributed by atoms with Crippen LogP contribution < -0.4 is 0 Å². The molecular weight excluding hydrogens is 152 g/mol. The maximum atomic E-state index is 9.72. The summed E-state index contributed by atoms with van der Waals surface area (Å²) >= 11 is 0. The van der Waals surface area contributed by atoms with E-state index in [0.717, 1.165) is 19.4 Å². The van der Waals surface area contributed by atoms with Crippen LogP contribution in [0, 0.1) is 12.3 Å². The molecule has 2 atom stereocenters. The highest BCUT2D eigenvalue weighted by molar-refractivity contribution is 4.91. The highest BCUT2D eigenvalue weighted by Crippen LogP contribution is 2.30. The van der Waals surface area contributed by atoms with E-state index in [1.165, 1.54) is 0 Å². The van der Waals surface area contributed by atoms with Gasteiger partial charge in [0.1, 0.15) is 0 Å². The van der Waals surface area contributed by atoms with Gasteiger partial charge in [0, 0.05) is 13.0 Å². The lowest BCUT2D eigenvalue weighted by Crippen LogP contribution is -2.38. The van der Waals surface area contributed by atoms with E-state index in [0.29, 0.717) is 12.8 Å². The van der Waals surface area contributed by atoms with Crippen LogP contribution in [0.4, 0.5) is 0 Å². The highest BCUT2D eigenvalue weighted by Gasteiger charge is 2.36. The summed E-state index contributed by atoms with van der Waals surface area (Å²) in [6.07, 6.45) is 7.97. The largest absolute Gasteiger partial charge is 0.390 e. The van der Waals surface area contributed by atoms with E-state index >= 15 is 0 Å². The van der Waals surface area contributed by atoms with Crippen molar-refractivity contribution in [3.63, 3.8) is 0 Å². The maximum Gasteiger partial charge on any atom is 0.0913 e. The van der Waals surface area contributed by atoms with Gasteiger partial charge in [-0.3, -0.25) is 0 Å². The predicted molar refractivity (Wildman–Crippen MR) is 47.7 cm³/mol. The molecule has 0 aromatic rings. The third-order valence-electron chi connectivity index (χ3n) is 2.52. The van der Waals surface area contributed by atoms with Crippen molar-refractivity contribution in [3.05, 3.63) is 0 Å². The molecule has 1 rings (SSSR count). The average molecular weight is 168 g/mol. The molecular formula is C10H16O2. The van der Waals surface area contributed by atoms with Gasteiger partial charge in [-0.25, -0.2) is 0 Å². The Morgan fingerprint density at radius 2 is 2.50 bits per heavy atom. The van der Waals surface area contributed by atoms with Crippen molar-refractivity contribution in [2.45, 2.75) is 44.3 Å². The van der Waals surface area contributed by atoms with Crippen molar-refractivity contribution in [2.75, 3.05) is 6.61 Å². The molecule has 0 amide bonds. The molecule has 0 saturated carbocycles. The van der Waals surface area contributed by atoms with E-state index < -0.39 is 6.10 Å². The zero-order valence-electron chi connectivity index (χ0n) is 7.55. The van der Waals surface area contributed by atoms with Gasteiger partial charge in [0.2, 0.25) is 0 Å². The van der Waals surface area contributed by atoms with Gasteiger partial charge in [0.15, 0.2) is 0 Å². The third-order valence-corrected chi connectivity index (χ3v) is 2.52. The van der Waals surface area contributed by atoms with Gasteiger partial charge < -0.3 is 9.84 Å². The van der Waals surface area contributed by atoms with E-state index in [4.69, 9.17) is 11.2 Å². The highest BCUT2D eigenvalue weighted by atomic mass is 16.5. The molecule has 0 aromatic carbocycles. The predicted octanol–water partition coefficient (Wildman–Crippen LogP) is 1.33. The lowest BCUT2D eigenvalue weighted by Gasteiger charge is -2.28. The van der Waals surface area contributed by atoms with Crippen molar-refractivity contribution < 1.29 is 9.84 Å². The van der Waals surface area contributed by atoms with Crippen LogP contribution >= 0.6 is 0 Å². The molecule has 1 N–H and O–H groups in total. The fourth-order valence-electron chi connectivity index (χ4n) is 1.59. The fraction of sp³-hybridized carbons (Fsp3) is 0.800. The van der Waals surface area contributed by atoms with E-state index in [2.05, 4.69) is 5.92 Å². The summed E-state index contributed by atoms with van der Waals surface area (Å²) in [4.78, 5) is 0. The van der Waals surface area contributed by atoms with E-state index in [9.17, 15) is 5.11 Å². The Morgan fingerprint density at radius 1 is 1.75 bits per heavy atom. The molecule has 0 radical (unpaired) electrons. The van der Waals surface area contributed by atoms with Crippen molar-refractivity contribution in [3.8, 4) is 12.3 Å². The van der Waals surface area contributed by atoms with Crippen LogP contribution in [0.3, 0.4) is 0 Å². The number of ether oxygens (including phenoxy) is 1. The maximum absolute atomic E-state index is 9.72. The molecule has 1 aliphatic heterocycles. The average Bonchev–Trinajstić information content (AvgIpc) is 2.49. The number of terminal acetylenes is 1. The molecule has 1 aliphatic rings. The number of hydrogen-bond donors (Lipinski definition) is 1. The van der Waals surface area contributed by atoms with Gasteiger partial charge in [-0.05, 0) is 26.2 Å². The molecule has 1 heterocycles. The summed E-state index contributed by atoms with van der Waals surface area (Å²) < 4.78 is 5.48. The Kier molecular flexibility index (Phi) is 3.13. The van der Waals surface area contributed by atoms with Crippen LogP contribution in [0.5, 0.6) is 0 Å². The Bertz CT molecular complexity index is 175. The van der Waals surface area contributed by atoms with Gasteiger partial charge in [-0.2, -0.15) is 0 Å². The lowest BCUT2D eigenvalue weighted by molar-refractivity contribution is -0.0796. The number of aliphatic hydroxyl groups excluding tert-OH is 1. The summed E-state index contributed by atoms with van der Waals surface area (Å²) in [6.45, 7) is 2.73. The summed E-state index contributed by atoms with van der Waals surface area (Å²) in [6, 6.07) is 0. The Hall–Kier alpha value is -0.520. The molecule has 2 unspecified atom stereocenters. The van der Waals surface area contributed by atoms with Gasteiger partial charge in [0.05, 0.1) is 11.7 Å². The van der Waals surface area contributed by atoms with Crippen LogP contribution in [0.1, 0.15) is 32.6 Å². The normalized spacial score (nSPS) is 31.4. The van der Waals surface area contributed by atoms with Crippen LogP contribution in [-0.4, -0.2) is 23.4 Å². The molecule has 12 heavy (non-hydrogen) atoms. The second-order valence-electron chi connectivity index (χ2n) is 3.52. The number of hydrogen-bond acceptors (Lipinski definition) is 2. The number of rotatable bonds is 3. The SMILES string of the molecule is C#CCCC(O)C1(C)CCCO1. The minimum atomic E-state index is -0.406. The second-order valence-corrected chi connectivity index (χ2v) is 3.52. The van der Waals surface area contributed by atoms with Gasteiger partial charge >= 0.3 is 0 Å². The quantitative estimate of drug-likeness (QED) is 0.644. The van der Waals surface area contributed by atoms with Gasteiger partial charge in [-0.1, -0.05) is 0 Å². The standard InChI is InChI=1S/C10H16O2/c1-3-4-6-9(11)10(2)7-5-8-12-10/h1,9,11H,4-8H2,2H3. The second kappa shape index (κ2) is 3.93. The van der Waals surface area contributed by atoms with Crippen molar-refractivity contribution in [1.29, 1.82) is 0 Å². The molecule has 0 aliphatic carbocycles. The molecule has 0 bridgehead atoms. The van der Waals surface area contributed by atoms with Crippen LogP contribution in [0.15, 0.2) is 0 Å². The molecule has 1 saturated heterocycles. The van der Waals surface area contributed by atoms with Gasteiger partial charge in [0.25, 0.3) is 0 Å². The Morgan fingerprint density at radius 3 is 3.00 bits per heavy atom. The molecule has 0 spiro atoms. The first-order valence-corrected chi connectivity index (χ1v) is 4.44. The van der Waals surface area contributed by atoms with Crippen LogP contribution in [-0.2, 0) is 4.74 Å². The molecule has 68 valence electrons. The van der Waals surface area contributed by atoms with E-state index in [1.54, 1.807) is 0 Å². The van der Waals surface area contributed by atoms with Crippen molar-refractivity contribution in [1.82, 2.24) is 0 Å². The van der Waals surface area contributed by atoms with Crippen LogP contribution in [0.2, 0.25) is 0 Å². The monoisotopic (exact) mass is 168 g/mol. The summed E-state index contributed by atoms with van der Waals surface area (Å²) in [5, 5.41) is 9.72. The molecule has 2 nitrogen and oxygen atoms in total. The molecule has 1 fully saturated rings. The summed E-state index contributed by atoms with van der Waals surface area (Å²) in [5.41, 5.74) is -0.336. The first kappa shape index (κ1) is 9.57. The molecule has 0 aromatic heterocycles. The minimum absolute atomic E-state index is 0.336.